The second-order valence-corrected chi connectivity index (χ2v) is 2.67. The number of nitrogens with zero attached hydrogens (tertiary/aromatic N) is 1. The highest BCUT2D eigenvalue weighted by Gasteiger charge is 2.20. The third-order valence-electron chi connectivity index (χ3n) is 1.60. The lowest BCUT2D eigenvalue weighted by molar-refractivity contribution is -0.136. The van der Waals surface area contributed by atoms with Crippen LogP contribution in [0.1, 0.15) is 17.7 Å². The van der Waals surface area contributed by atoms with E-state index in [1.807, 2.05) is 0 Å². The molecule has 1 N–H and O–H groups in total. The van der Waals surface area contributed by atoms with E-state index in [1.54, 1.807) is 0 Å². The molecule has 0 fully saturated rings. The molecule has 1 rings (SSSR count). The van der Waals surface area contributed by atoms with Crippen molar-refractivity contribution in [2.24, 2.45) is 0 Å². The second kappa shape index (κ2) is 4.24. The Morgan fingerprint density at radius 3 is 2.53 bits per heavy atom. The first-order chi connectivity index (χ1) is 6.91. The Balaban J connectivity index is 3.21. The highest BCUT2D eigenvalue weighted by Crippen LogP contribution is 2.23. The van der Waals surface area contributed by atoms with Gasteiger partial charge in [-0.05, 0) is 6.07 Å². The normalized spacial score (nSPS) is 10.7. The largest absolute Gasteiger partial charge is 0.481 e. The lowest BCUT2D eigenvalue weighted by Gasteiger charge is -2.06. The van der Waals surface area contributed by atoms with Crippen LogP contribution >= 0.6 is 0 Å². The van der Waals surface area contributed by atoms with Crippen LogP contribution in [0.25, 0.3) is 0 Å². The topological polar surface area (TPSA) is 50.2 Å². The zero-order valence-electron chi connectivity index (χ0n) is 7.18. The van der Waals surface area contributed by atoms with Crippen molar-refractivity contribution in [3.8, 4) is 0 Å². The molecule has 1 heterocycles. The summed E-state index contributed by atoms with van der Waals surface area (Å²) >= 11 is 0. The van der Waals surface area contributed by atoms with E-state index in [0.717, 1.165) is 0 Å². The van der Waals surface area contributed by atoms with Crippen LogP contribution in [0.15, 0.2) is 6.07 Å². The number of aromatic nitrogens is 1. The maximum absolute atomic E-state index is 12.5. The molecule has 0 aliphatic carbocycles. The Labute approximate surface area is 81.4 Å². The maximum Gasteiger partial charge on any atom is 0.309 e. The third-order valence-corrected chi connectivity index (χ3v) is 1.60. The molecule has 0 aromatic carbocycles. The van der Waals surface area contributed by atoms with Crippen LogP contribution in [-0.2, 0) is 11.2 Å². The minimum atomic E-state index is -3.10. The molecule has 0 bridgehead atoms. The summed E-state index contributed by atoms with van der Waals surface area (Å²) in [5.74, 6) is -4.56. The molecule has 3 nitrogen and oxygen atoms in total. The van der Waals surface area contributed by atoms with Gasteiger partial charge in [0.15, 0.2) is 5.82 Å². The van der Waals surface area contributed by atoms with E-state index < -0.39 is 41.8 Å². The van der Waals surface area contributed by atoms with Crippen LogP contribution in [0.3, 0.4) is 0 Å². The molecule has 0 radical (unpaired) electrons. The number of hydrogen-bond acceptors (Lipinski definition) is 2. The first-order valence-corrected chi connectivity index (χ1v) is 3.76. The number of pyridine rings is 1. The smallest absolute Gasteiger partial charge is 0.309 e. The molecular formula is C8H5F4NO2. The van der Waals surface area contributed by atoms with Gasteiger partial charge >= 0.3 is 5.97 Å². The van der Waals surface area contributed by atoms with Gasteiger partial charge in [0.25, 0.3) is 6.43 Å². The summed E-state index contributed by atoms with van der Waals surface area (Å²) in [7, 11) is 0. The molecule has 82 valence electrons. The fraction of sp³-hybridized carbons (Fsp3) is 0.250. The van der Waals surface area contributed by atoms with Gasteiger partial charge in [0.1, 0.15) is 0 Å². The van der Waals surface area contributed by atoms with E-state index in [-0.39, 0.29) is 6.07 Å². The number of hydrogen-bond donors (Lipinski definition) is 1. The number of alkyl halides is 2. The molecule has 0 atom stereocenters. The molecular weight excluding hydrogens is 218 g/mol. The standard InChI is InChI=1S/C8H5F4NO2/c9-4-1-3(7(10)11)5(2-6(14)15)13-8(4)12/h1,7H,2H2,(H,14,15). The van der Waals surface area contributed by atoms with Gasteiger partial charge in [-0.1, -0.05) is 0 Å². The van der Waals surface area contributed by atoms with E-state index in [1.165, 1.54) is 0 Å². The Morgan fingerprint density at radius 1 is 1.47 bits per heavy atom. The molecule has 0 amide bonds. The van der Waals surface area contributed by atoms with Crippen LogP contribution < -0.4 is 0 Å². The van der Waals surface area contributed by atoms with Gasteiger partial charge in [0.05, 0.1) is 12.1 Å². The van der Waals surface area contributed by atoms with Crippen LogP contribution in [0.4, 0.5) is 17.6 Å². The Morgan fingerprint density at radius 2 is 2.07 bits per heavy atom. The zero-order valence-corrected chi connectivity index (χ0v) is 7.18. The summed E-state index contributed by atoms with van der Waals surface area (Å²) in [5, 5.41) is 8.33. The molecule has 7 heteroatoms. The highest BCUT2D eigenvalue weighted by atomic mass is 19.3. The second-order valence-electron chi connectivity index (χ2n) is 2.67. The predicted octanol–water partition coefficient (Wildman–Crippen LogP) is 1.92. The average Bonchev–Trinajstić information content (AvgIpc) is 2.09. The van der Waals surface area contributed by atoms with Crippen molar-refractivity contribution >= 4 is 5.97 Å². The van der Waals surface area contributed by atoms with Crippen LogP contribution in [0.2, 0.25) is 0 Å². The number of rotatable bonds is 3. The molecule has 15 heavy (non-hydrogen) atoms. The van der Waals surface area contributed by atoms with Crippen LogP contribution in [-0.4, -0.2) is 16.1 Å². The quantitative estimate of drug-likeness (QED) is 0.629. The Bertz CT molecular complexity index is 394. The number of carboxylic acids is 1. The van der Waals surface area contributed by atoms with Gasteiger partial charge in [-0.25, -0.2) is 18.2 Å². The molecule has 1 aromatic rings. The molecule has 0 saturated heterocycles. The SMILES string of the molecule is O=C(O)Cc1nc(F)c(F)cc1C(F)F. The molecule has 0 aliphatic heterocycles. The summed E-state index contributed by atoms with van der Waals surface area (Å²) < 4.78 is 49.6. The molecule has 0 aliphatic rings. The van der Waals surface area contributed by atoms with Crippen LogP contribution in [0.5, 0.6) is 0 Å². The Hall–Kier alpha value is -1.66. The van der Waals surface area contributed by atoms with Crippen LogP contribution in [0, 0.1) is 11.8 Å². The molecule has 0 spiro atoms. The number of carbonyl (C=O) groups is 1. The first-order valence-electron chi connectivity index (χ1n) is 3.76. The number of carboxylic acid groups (broad SMARTS) is 1. The van der Waals surface area contributed by atoms with Gasteiger partial charge in [-0.3, -0.25) is 4.79 Å². The maximum atomic E-state index is 12.5. The monoisotopic (exact) mass is 223 g/mol. The van der Waals surface area contributed by atoms with Gasteiger partial charge in [-0.15, -0.1) is 0 Å². The van der Waals surface area contributed by atoms with Gasteiger partial charge < -0.3 is 5.11 Å². The molecule has 0 unspecified atom stereocenters. The van der Waals surface area contributed by atoms with Crippen molar-refractivity contribution in [3.05, 3.63) is 29.1 Å². The fourth-order valence-electron chi connectivity index (χ4n) is 0.990. The molecule has 0 saturated carbocycles. The van der Waals surface area contributed by atoms with Crippen molar-refractivity contribution in [1.82, 2.24) is 4.98 Å². The lowest BCUT2D eigenvalue weighted by Crippen LogP contribution is -2.09. The van der Waals surface area contributed by atoms with Crippen molar-refractivity contribution in [2.75, 3.05) is 0 Å². The fourth-order valence-corrected chi connectivity index (χ4v) is 0.990. The zero-order chi connectivity index (χ0) is 11.6. The summed E-state index contributed by atoms with van der Waals surface area (Å²) in [6.07, 6.45) is -3.97. The van der Waals surface area contributed by atoms with E-state index in [0.29, 0.717) is 0 Å². The summed E-state index contributed by atoms with van der Waals surface area (Å²) in [6, 6.07) is 0.255. The summed E-state index contributed by atoms with van der Waals surface area (Å²) in [4.78, 5) is 13.1. The highest BCUT2D eigenvalue weighted by molar-refractivity contribution is 5.70. The minimum Gasteiger partial charge on any atom is -0.481 e. The van der Waals surface area contributed by atoms with E-state index in [2.05, 4.69) is 4.98 Å². The van der Waals surface area contributed by atoms with E-state index in [9.17, 15) is 22.4 Å². The van der Waals surface area contributed by atoms with E-state index >= 15 is 0 Å². The van der Waals surface area contributed by atoms with Crippen molar-refractivity contribution in [3.63, 3.8) is 0 Å². The average molecular weight is 223 g/mol. The minimum absolute atomic E-state index is 0.255. The third kappa shape index (κ3) is 2.64. The first kappa shape index (κ1) is 11.4. The van der Waals surface area contributed by atoms with Gasteiger partial charge in [-0.2, -0.15) is 4.39 Å². The van der Waals surface area contributed by atoms with Crippen molar-refractivity contribution in [1.29, 1.82) is 0 Å². The van der Waals surface area contributed by atoms with Gasteiger partial charge in [0, 0.05) is 5.56 Å². The Kier molecular flexibility index (Phi) is 3.23. The number of halogens is 4. The summed E-state index contributed by atoms with van der Waals surface area (Å²) in [5.41, 5.74) is -1.58. The molecule has 1 aromatic heterocycles. The van der Waals surface area contributed by atoms with Crippen molar-refractivity contribution < 1.29 is 27.5 Å². The van der Waals surface area contributed by atoms with E-state index in [4.69, 9.17) is 5.11 Å². The van der Waals surface area contributed by atoms with Gasteiger partial charge in [0.2, 0.25) is 5.95 Å². The summed E-state index contributed by atoms with van der Waals surface area (Å²) in [6.45, 7) is 0. The lowest BCUT2D eigenvalue weighted by atomic mass is 10.1. The number of aliphatic carboxylic acids is 1. The predicted molar refractivity (Wildman–Crippen MR) is 40.4 cm³/mol. The van der Waals surface area contributed by atoms with Crippen molar-refractivity contribution in [2.45, 2.75) is 12.8 Å².